The molecule has 0 saturated carbocycles. The first-order valence-electron chi connectivity index (χ1n) is 6.58. The SMILES string of the molecule is CCCCC(CC)COC(=O)c1ccc(C(=O)O)o1. The van der Waals surface area contributed by atoms with Crippen LogP contribution in [0.2, 0.25) is 0 Å². The Balaban J connectivity index is 2.47. The number of carboxylic acid groups (broad SMARTS) is 1. The van der Waals surface area contributed by atoms with Gasteiger partial charge in [-0.1, -0.05) is 33.1 Å². The smallest absolute Gasteiger partial charge is 0.374 e. The standard InChI is InChI=1S/C14H20O5/c1-3-5-6-10(4-2)9-18-14(17)12-8-7-11(19-12)13(15)16/h7-8,10H,3-6,9H2,1-2H3,(H,15,16). The van der Waals surface area contributed by atoms with Gasteiger partial charge in [0.15, 0.2) is 0 Å². The van der Waals surface area contributed by atoms with Gasteiger partial charge in [0.2, 0.25) is 11.5 Å². The molecular formula is C14H20O5. The quantitative estimate of drug-likeness (QED) is 0.731. The molecule has 0 radical (unpaired) electrons. The average molecular weight is 268 g/mol. The van der Waals surface area contributed by atoms with Crippen molar-refractivity contribution in [1.82, 2.24) is 0 Å². The normalized spacial score (nSPS) is 12.1. The third-order valence-corrected chi connectivity index (χ3v) is 3.01. The van der Waals surface area contributed by atoms with Crippen molar-refractivity contribution in [3.63, 3.8) is 0 Å². The summed E-state index contributed by atoms with van der Waals surface area (Å²) in [7, 11) is 0. The van der Waals surface area contributed by atoms with E-state index in [1.165, 1.54) is 12.1 Å². The third kappa shape index (κ3) is 4.77. The van der Waals surface area contributed by atoms with E-state index in [1.807, 2.05) is 0 Å². The van der Waals surface area contributed by atoms with Gasteiger partial charge in [0.25, 0.3) is 0 Å². The van der Waals surface area contributed by atoms with Crippen molar-refractivity contribution in [1.29, 1.82) is 0 Å². The molecule has 5 nitrogen and oxygen atoms in total. The molecule has 0 aliphatic carbocycles. The Morgan fingerprint density at radius 2 is 2.00 bits per heavy atom. The fourth-order valence-electron chi connectivity index (χ4n) is 1.73. The van der Waals surface area contributed by atoms with E-state index in [-0.39, 0.29) is 11.5 Å². The Morgan fingerprint density at radius 1 is 1.32 bits per heavy atom. The first kappa shape index (κ1) is 15.3. The highest BCUT2D eigenvalue weighted by molar-refractivity contribution is 5.89. The van der Waals surface area contributed by atoms with Crippen LogP contribution in [-0.4, -0.2) is 23.7 Å². The van der Waals surface area contributed by atoms with Crippen LogP contribution in [-0.2, 0) is 4.74 Å². The van der Waals surface area contributed by atoms with E-state index in [0.717, 1.165) is 25.7 Å². The molecule has 1 unspecified atom stereocenters. The lowest BCUT2D eigenvalue weighted by atomic mass is 10.0. The van der Waals surface area contributed by atoms with Gasteiger partial charge in [-0.2, -0.15) is 0 Å². The number of unbranched alkanes of at least 4 members (excludes halogenated alkanes) is 1. The summed E-state index contributed by atoms with van der Waals surface area (Å²) in [6.07, 6.45) is 4.20. The number of carboxylic acids is 1. The second-order valence-electron chi connectivity index (χ2n) is 4.48. The number of aromatic carboxylic acids is 1. The molecule has 1 heterocycles. The van der Waals surface area contributed by atoms with Gasteiger partial charge in [-0.15, -0.1) is 0 Å². The monoisotopic (exact) mass is 268 g/mol. The fourth-order valence-corrected chi connectivity index (χ4v) is 1.73. The van der Waals surface area contributed by atoms with Crippen molar-refractivity contribution in [2.45, 2.75) is 39.5 Å². The number of hydrogen-bond donors (Lipinski definition) is 1. The Bertz CT molecular complexity index is 421. The molecule has 1 rings (SSSR count). The van der Waals surface area contributed by atoms with Crippen molar-refractivity contribution in [2.24, 2.45) is 5.92 Å². The van der Waals surface area contributed by atoms with Crippen LogP contribution >= 0.6 is 0 Å². The number of rotatable bonds is 8. The Morgan fingerprint density at radius 3 is 2.53 bits per heavy atom. The number of furan rings is 1. The molecule has 0 aliphatic rings. The van der Waals surface area contributed by atoms with Crippen molar-refractivity contribution in [2.75, 3.05) is 6.61 Å². The Labute approximate surface area is 112 Å². The van der Waals surface area contributed by atoms with Crippen LogP contribution in [0.4, 0.5) is 0 Å². The molecule has 1 N–H and O–H groups in total. The lowest BCUT2D eigenvalue weighted by molar-refractivity contribution is 0.0388. The maximum Gasteiger partial charge on any atom is 0.374 e. The summed E-state index contributed by atoms with van der Waals surface area (Å²) >= 11 is 0. The van der Waals surface area contributed by atoms with E-state index < -0.39 is 11.9 Å². The summed E-state index contributed by atoms with van der Waals surface area (Å²) in [5, 5.41) is 8.69. The van der Waals surface area contributed by atoms with Crippen LogP contribution in [0, 0.1) is 5.92 Å². The molecule has 0 aliphatic heterocycles. The van der Waals surface area contributed by atoms with Crippen LogP contribution in [0.3, 0.4) is 0 Å². The van der Waals surface area contributed by atoms with E-state index in [2.05, 4.69) is 13.8 Å². The average Bonchev–Trinajstić information content (AvgIpc) is 2.88. The minimum Gasteiger partial charge on any atom is -0.475 e. The predicted molar refractivity (Wildman–Crippen MR) is 69.3 cm³/mol. The highest BCUT2D eigenvalue weighted by atomic mass is 16.5. The number of esters is 1. The topological polar surface area (TPSA) is 76.7 Å². The molecule has 0 saturated heterocycles. The Hall–Kier alpha value is -1.78. The Kier molecular flexibility index (Phi) is 6.12. The minimum atomic E-state index is -1.20. The van der Waals surface area contributed by atoms with Gasteiger partial charge in [0.05, 0.1) is 6.61 Å². The summed E-state index contributed by atoms with van der Waals surface area (Å²) < 4.78 is 10.0. The van der Waals surface area contributed by atoms with Crippen molar-refractivity contribution < 1.29 is 23.8 Å². The number of ether oxygens (including phenoxy) is 1. The second-order valence-corrected chi connectivity index (χ2v) is 4.48. The van der Waals surface area contributed by atoms with Gasteiger partial charge in [-0.05, 0) is 24.5 Å². The molecular weight excluding hydrogens is 248 g/mol. The zero-order valence-electron chi connectivity index (χ0n) is 11.3. The van der Waals surface area contributed by atoms with Gasteiger partial charge < -0.3 is 14.3 Å². The molecule has 5 heteroatoms. The number of carbonyl (C=O) groups is 2. The predicted octanol–water partition coefficient (Wildman–Crippen LogP) is 3.35. The summed E-state index contributed by atoms with van der Waals surface area (Å²) in [6.45, 7) is 4.52. The first-order valence-corrected chi connectivity index (χ1v) is 6.58. The van der Waals surface area contributed by atoms with Gasteiger partial charge in [0.1, 0.15) is 0 Å². The number of hydrogen-bond acceptors (Lipinski definition) is 4. The van der Waals surface area contributed by atoms with E-state index in [4.69, 9.17) is 14.3 Å². The summed E-state index contributed by atoms with van der Waals surface area (Å²) in [5.41, 5.74) is 0. The van der Waals surface area contributed by atoms with E-state index in [9.17, 15) is 9.59 Å². The highest BCUT2D eigenvalue weighted by Gasteiger charge is 2.17. The molecule has 106 valence electrons. The van der Waals surface area contributed by atoms with Crippen molar-refractivity contribution >= 4 is 11.9 Å². The van der Waals surface area contributed by atoms with Crippen LogP contribution in [0.25, 0.3) is 0 Å². The van der Waals surface area contributed by atoms with Crippen LogP contribution in [0.1, 0.15) is 60.6 Å². The molecule has 1 atom stereocenters. The fraction of sp³-hybridized carbons (Fsp3) is 0.571. The van der Waals surface area contributed by atoms with Crippen molar-refractivity contribution in [3.8, 4) is 0 Å². The van der Waals surface area contributed by atoms with E-state index >= 15 is 0 Å². The zero-order valence-corrected chi connectivity index (χ0v) is 11.3. The minimum absolute atomic E-state index is 0.0669. The molecule has 0 bridgehead atoms. The van der Waals surface area contributed by atoms with Gasteiger partial charge in [-0.25, -0.2) is 9.59 Å². The molecule has 0 aromatic carbocycles. The molecule has 1 aromatic rings. The lowest BCUT2D eigenvalue weighted by Crippen LogP contribution is -2.13. The molecule has 19 heavy (non-hydrogen) atoms. The largest absolute Gasteiger partial charge is 0.475 e. The van der Waals surface area contributed by atoms with Gasteiger partial charge in [-0.3, -0.25) is 0 Å². The van der Waals surface area contributed by atoms with Crippen LogP contribution in [0.15, 0.2) is 16.5 Å². The van der Waals surface area contributed by atoms with Gasteiger partial charge in [0, 0.05) is 0 Å². The van der Waals surface area contributed by atoms with Gasteiger partial charge >= 0.3 is 11.9 Å². The van der Waals surface area contributed by atoms with Crippen LogP contribution in [0.5, 0.6) is 0 Å². The molecule has 1 aromatic heterocycles. The molecule has 0 spiro atoms. The summed E-state index contributed by atoms with van der Waals surface area (Å²) in [4.78, 5) is 22.3. The second kappa shape index (κ2) is 7.61. The van der Waals surface area contributed by atoms with Crippen LogP contribution < -0.4 is 0 Å². The summed E-state index contributed by atoms with van der Waals surface area (Å²) in [5.74, 6) is -1.79. The van der Waals surface area contributed by atoms with E-state index in [0.29, 0.717) is 12.5 Å². The first-order chi connectivity index (χ1) is 9.08. The number of carbonyl (C=O) groups excluding carboxylic acids is 1. The maximum absolute atomic E-state index is 11.7. The summed E-state index contributed by atoms with van der Waals surface area (Å²) in [6, 6.07) is 2.56. The van der Waals surface area contributed by atoms with Crippen molar-refractivity contribution in [3.05, 3.63) is 23.7 Å². The molecule has 0 amide bonds. The molecule has 0 fully saturated rings. The highest BCUT2D eigenvalue weighted by Crippen LogP contribution is 2.15. The lowest BCUT2D eigenvalue weighted by Gasteiger charge is -2.13. The third-order valence-electron chi connectivity index (χ3n) is 3.01. The zero-order chi connectivity index (χ0) is 14.3. The maximum atomic E-state index is 11.7. The van der Waals surface area contributed by atoms with E-state index in [1.54, 1.807) is 0 Å².